The summed E-state index contributed by atoms with van der Waals surface area (Å²) in [6.07, 6.45) is 0. The second-order valence-electron chi connectivity index (χ2n) is 2.41. The molecule has 12 heavy (non-hydrogen) atoms. The predicted octanol–water partition coefficient (Wildman–Crippen LogP) is -0.376. The van der Waals surface area contributed by atoms with E-state index in [4.69, 9.17) is 15.4 Å². The van der Waals surface area contributed by atoms with Crippen molar-refractivity contribution >= 4 is 11.9 Å². The van der Waals surface area contributed by atoms with Crippen molar-refractivity contribution < 1.29 is 25.0 Å². The molecule has 0 aliphatic carbocycles. The van der Waals surface area contributed by atoms with Crippen LogP contribution in [0.5, 0.6) is 0 Å². The first-order valence-corrected chi connectivity index (χ1v) is 3.30. The number of carboxylic acids is 2. The van der Waals surface area contributed by atoms with Crippen LogP contribution in [0.2, 0.25) is 0 Å². The van der Waals surface area contributed by atoms with Crippen LogP contribution in [-0.4, -0.2) is 44.5 Å². The number of rotatable bonds is 4. The van der Waals surface area contributed by atoms with Gasteiger partial charge in [-0.25, -0.2) is 0 Å². The van der Waals surface area contributed by atoms with Gasteiger partial charge in [0.15, 0.2) is 0 Å². The van der Waals surface area contributed by atoms with Crippen molar-refractivity contribution in [2.75, 3.05) is 0 Å². The summed E-state index contributed by atoms with van der Waals surface area (Å²) in [7, 11) is 0. The molecule has 0 spiro atoms. The average Bonchev–Trinajstić information content (AvgIpc) is 2.00. The van der Waals surface area contributed by atoms with Crippen LogP contribution >= 0.6 is 0 Å². The van der Waals surface area contributed by atoms with Crippen LogP contribution in [0.15, 0.2) is 0 Å². The van der Waals surface area contributed by atoms with E-state index in [1.54, 1.807) is 0 Å². The Labute approximate surface area is 69.0 Å². The van der Waals surface area contributed by atoms with Gasteiger partial charge in [-0.3, -0.25) is 9.59 Å². The zero-order valence-corrected chi connectivity index (χ0v) is 6.76. The normalized spacial score (nSPS) is 15.7. The maximum absolute atomic E-state index is 10.3. The van der Waals surface area contributed by atoms with Crippen molar-refractivity contribution in [3.05, 3.63) is 0 Å². The molecule has 0 radical (unpaired) electrons. The Morgan fingerprint density at radius 3 is 1.50 bits per heavy atom. The highest BCUT2D eigenvalue weighted by molar-refractivity contribution is 5.76. The minimum atomic E-state index is -1.27. The highest BCUT2D eigenvalue weighted by atomic mass is 16.5. The molecule has 0 heterocycles. The van der Waals surface area contributed by atoms with Gasteiger partial charge in [-0.2, -0.15) is 5.06 Å². The lowest BCUT2D eigenvalue weighted by Gasteiger charge is -2.22. The maximum Gasteiger partial charge on any atom is 0.323 e. The second-order valence-corrected chi connectivity index (χ2v) is 2.41. The first-order valence-electron chi connectivity index (χ1n) is 3.30. The fraction of sp³-hybridized carbons (Fsp3) is 0.667. The van der Waals surface area contributed by atoms with Crippen molar-refractivity contribution in [3.8, 4) is 0 Å². The molecule has 3 N–H and O–H groups in total. The third kappa shape index (κ3) is 2.48. The van der Waals surface area contributed by atoms with E-state index < -0.39 is 24.0 Å². The minimum absolute atomic E-state index is 0.282. The zero-order valence-electron chi connectivity index (χ0n) is 6.76. The van der Waals surface area contributed by atoms with Gasteiger partial charge < -0.3 is 15.4 Å². The summed E-state index contributed by atoms with van der Waals surface area (Å²) < 4.78 is 0. The molecule has 6 heteroatoms. The summed E-state index contributed by atoms with van der Waals surface area (Å²) >= 11 is 0. The number of nitrogens with zero attached hydrogens (tertiary/aromatic N) is 1. The van der Waals surface area contributed by atoms with Crippen molar-refractivity contribution in [1.82, 2.24) is 5.06 Å². The van der Waals surface area contributed by atoms with Gasteiger partial charge in [0.1, 0.15) is 12.1 Å². The number of carboxylic acid groups (broad SMARTS) is 2. The Balaban J connectivity index is 4.28. The highest BCUT2D eigenvalue weighted by Crippen LogP contribution is 2.01. The lowest BCUT2D eigenvalue weighted by atomic mass is 10.2. The van der Waals surface area contributed by atoms with Gasteiger partial charge in [0.05, 0.1) is 0 Å². The van der Waals surface area contributed by atoms with Gasteiger partial charge in [-0.05, 0) is 13.8 Å². The first-order chi connectivity index (χ1) is 5.37. The van der Waals surface area contributed by atoms with Crippen molar-refractivity contribution in [1.29, 1.82) is 0 Å². The molecule has 70 valence electrons. The standard InChI is InChI=1S/C6H11NO5/c1-3(5(8)9)7(12)4(2)6(10)11/h3-4,12H,1-2H3,(H,8,9)(H,10,11)/t3-,4-/m0/s1. The quantitative estimate of drug-likeness (QED) is 0.506. The van der Waals surface area contributed by atoms with Crippen LogP contribution in [0.4, 0.5) is 0 Å². The summed E-state index contributed by atoms with van der Waals surface area (Å²) in [5.41, 5.74) is 0. The zero-order chi connectivity index (χ0) is 9.89. The molecule has 2 atom stereocenters. The van der Waals surface area contributed by atoms with E-state index in [-0.39, 0.29) is 5.06 Å². The summed E-state index contributed by atoms with van der Waals surface area (Å²) in [4.78, 5) is 20.5. The van der Waals surface area contributed by atoms with Crippen molar-refractivity contribution in [2.45, 2.75) is 25.9 Å². The van der Waals surface area contributed by atoms with Crippen molar-refractivity contribution in [2.24, 2.45) is 0 Å². The maximum atomic E-state index is 10.3. The van der Waals surface area contributed by atoms with Gasteiger partial charge in [-0.15, -0.1) is 0 Å². The molecule has 6 nitrogen and oxygen atoms in total. The van der Waals surface area contributed by atoms with Crippen molar-refractivity contribution in [3.63, 3.8) is 0 Å². The summed E-state index contributed by atoms with van der Waals surface area (Å²) in [5.74, 6) is -2.55. The van der Waals surface area contributed by atoms with E-state index in [0.717, 1.165) is 0 Å². The van der Waals surface area contributed by atoms with Crippen LogP contribution in [0, 0.1) is 0 Å². The minimum Gasteiger partial charge on any atom is -0.480 e. The summed E-state index contributed by atoms with van der Waals surface area (Å²) in [6, 6.07) is -2.45. The van der Waals surface area contributed by atoms with Gasteiger partial charge in [0, 0.05) is 0 Å². The Kier molecular flexibility index (Phi) is 3.65. The van der Waals surface area contributed by atoms with Gasteiger partial charge in [0.25, 0.3) is 0 Å². The van der Waals surface area contributed by atoms with Gasteiger partial charge >= 0.3 is 11.9 Å². The van der Waals surface area contributed by atoms with Gasteiger partial charge in [0.2, 0.25) is 0 Å². The molecule has 0 saturated carbocycles. The average molecular weight is 177 g/mol. The van der Waals surface area contributed by atoms with Crippen LogP contribution in [0.3, 0.4) is 0 Å². The van der Waals surface area contributed by atoms with E-state index in [0.29, 0.717) is 0 Å². The Hall–Kier alpha value is -1.14. The van der Waals surface area contributed by atoms with E-state index >= 15 is 0 Å². The SMILES string of the molecule is C[C@@H](C(=O)O)N(O)[C@@H](C)C(=O)O. The molecule has 0 unspecified atom stereocenters. The molecular weight excluding hydrogens is 166 g/mol. The molecule has 0 bridgehead atoms. The lowest BCUT2D eigenvalue weighted by molar-refractivity contribution is -0.188. The molecule has 0 aromatic carbocycles. The molecule has 0 amide bonds. The molecule has 0 aromatic heterocycles. The molecule has 0 aliphatic rings. The number of carbonyl (C=O) groups is 2. The largest absolute Gasteiger partial charge is 0.480 e. The van der Waals surface area contributed by atoms with E-state index in [2.05, 4.69) is 0 Å². The number of aliphatic carboxylic acids is 2. The highest BCUT2D eigenvalue weighted by Gasteiger charge is 2.27. The summed E-state index contributed by atoms with van der Waals surface area (Å²) in [5, 5.41) is 26.1. The predicted molar refractivity (Wildman–Crippen MR) is 37.8 cm³/mol. The Morgan fingerprint density at radius 1 is 1.08 bits per heavy atom. The third-order valence-corrected chi connectivity index (χ3v) is 1.51. The number of hydroxylamine groups is 2. The Bertz CT molecular complexity index is 172. The number of hydrogen-bond acceptors (Lipinski definition) is 4. The second kappa shape index (κ2) is 4.03. The van der Waals surface area contributed by atoms with E-state index in [1.807, 2.05) is 0 Å². The molecule has 0 saturated heterocycles. The van der Waals surface area contributed by atoms with Gasteiger partial charge in [-0.1, -0.05) is 0 Å². The van der Waals surface area contributed by atoms with Crippen LogP contribution in [-0.2, 0) is 9.59 Å². The lowest BCUT2D eigenvalue weighted by Crippen LogP contribution is -2.45. The summed E-state index contributed by atoms with van der Waals surface area (Å²) in [6.45, 7) is 2.39. The van der Waals surface area contributed by atoms with Crippen LogP contribution in [0.1, 0.15) is 13.8 Å². The molecule has 0 rings (SSSR count). The fourth-order valence-electron chi connectivity index (χ4n) is 0.562. The first kappa shape index (κ1) is 10.9. The number of hydrogen-bond donors (Lipinski definition) is 3. The van der Waals surface area contributed by atoms with Crippen LogP contribution < -0.4 is 0 Å². The third-order valence-electron chi connectivity index (χ3n) is 1.51. The Morgan fingerprint density at radius 2 is 1.33 bits per heavy atom. The molecule has 0 aromatic rings. The molecular formula is C6H11NO5. The monoisotopic (exact) mass is 177 g/mol. The fourth-order valence-corrected chi connectivity index (χ4v) is 0.562. The van der Waals surface area contributed by atoms with E-state index in [9.17, 15) is 9.59 Å². The molecule has 0 fully saturated rings. The van der Waals surface area contributed by atoms with E-state index in [1.165, 1.54) is 13.8 Å². The molecule has 0 aliphatic heterocycles. The van der Waals surface area contributed by atoms with Crippen LogP contribution in [0.25, 0.3) is 0 Å². The topological polar surface area (TPSA) is 98.1 Å². The smallest absolute Gasteiger partial charge is 0.323 e.